The summed E-state index contributed by atoms with van der Waals surface area (Å²) in [5, 5.41) is 0. The Morgan fingerprint density at radius 2 is 1.59 bits per heavy atom. The molecule has 1 aliphatic heterocycles. The summed E-state index contributed by atoms with van der Waals surface area (Å²) in [4.78, 5) is 15.5. The maximum Gasteiger partial charge on any atom is 0.167 e. The maximum atomic E-state index is 13.2. The molecule has 0 radical (unpaired) electrons. The zero-order valence-corrected chi connectivity index (χ0v) is 22.9. The van der Waals surface area contributed by atoms with Crippen molar-refractivity contribution in [3.63, 3.8) is 0 Å². The highest BCUT2D eigenvalue weighted by Crippen LogP contribution is 2.33. The van der Waals surface area contributed by atoms with Crippen LogP contribution in [0.3, 0.4) is 0 Å². The summed E-state index contributed by atoms with van der Waals surface area (Å²) in [6, 6.07) is 28.0. The van der Waals surface area contributed by atoms with Crippen molar-refractivity contribution in [1.29, 1.82) is 0 Å². The highest BCUT2D eigenvalue weighted by Gasteiger charge is 2.19. The number of benzene rings is 4. The van der Waals surface area contributed by atoms with E-state index in [1.807, 2.05) is 72.8 Å². The molecule has 200 valence electrons. The van der Waals surface area contributed by atoms with Crippen LogP contribution >= 0.6 is 0 Å². The highest BCUT2D eigenvalue weighted by atomic mass is 16.5. The Morgan fingerprint density at radius 1 is 0.872 bits per heavy atom. The molecule has 4 aromatic rings. The van der Waals surface area contributed by atoms with Crippen LogP contribution in [0.15, 0.2) is 84.9 Å². The first-order valence-electron chi connectivity index (χ1n) is 13.5. The minimum absolute atomic E-state index is 0.0685. The highest BCUT2D eigenvalue weighted by molar-refractivity contribution is 5.99. The number of methoxy groups -OCH3 is 1. The Morgan fingerprint density at radius 3 is 2.28 bits per heavy atom. The van der Waals surface area contributed by atoms with E-state index < -0.39 is 0 Å². The number of Topliss-reactive ketones (excluding diaryl/α,β-unsaturated/α-hetero) is 1. The van der Waals surface area contributed by atoms with Crippen molar-refractivity contribution in [2.24, 2.45) is 0 Å². The molecule has 0 atom stereocenters. The molecule has 0 amide bonds. The third kappa shape index (κ3) is 6.32. The Labute approximate surface area is 231 Å². The normalized spacial score (nSPS) is 14.2. The number of carbonyl (C=O) groups excluding carboxylic acids is 1. The van der Waals surface area contributed by atoms with Crippen LogP contribution in [0.2, 0.25) is 0 Å². The fourth-order valence-electron chi connectivity index (χ4n) is 5.14. The van der Waals surface area contributed by atoms with Crippen LogP contribution in [0.1, 0.15) is 34.3 Å². The molecule has 1 aliphatic rings. The number of piperidine rings is 1. The smallest absolute Gasteiger partial charge is 0.167 e. The van der Waals surface area contributed by atoms with Crippen molar-refractivity contribution in [2.45, 2.75) is 32.3 Å². The van der Waals surface area contributed by atoms with Crippen LogP contribution in [0, 0.1) is 6.92 Å². The van der Waals surface area contributed by atoms with Gasteiger partial charge < -0.3 is 20.1 Å². The first-order valence-corrected chi connectivity index (χ1v) is 13.5. The Balaban J connectivity index is 1.27. The van der Waals surface area contributed by atoms with Gasteiger partial charge in [0.2, 0.25) is 0 Å². The minimum Gasteiger partial charge on any atom is -0.496 e. The van der Waals surface area contributed by atoms with Crippen LogP contribution in [-0.4, -0.2) is 44.0 Å². The van der Waals surface area contributed by atoms with E-state index in [1.54, 1.807) is 7.11 Å². The first-order chi connectivity index (χ1) is 18.9. The summed E-state index contributed by atoms with van der Waals surface area (Å²) in [6.07, 6.45) is 2.57. The number of nitrogens with zero attached hydrogens (tertiary/aromatic N) is 1. The van der Waals surface area contributed by atoms with Crippen molar-refractivity contribution >= 4 is 11.5 Å². The zero-order chi connectivity index (χ0) is 27.4. The Hall–Kier alpha value is -4.09. The molecule has 1 saturated heterocycles. The van der Waals surface area contributed by atoms with Gasteiger partial charge in [-0.05, 0) is 79.4 Å². The number of nitrogens with two attached hydrogens (primary N) is 1. The van der Waals surface area contributed by atoms with Gasteiger partial charge in [-0.15, -0.1) is 0 Å². The van der Waals surface area contributed by atoms with E-state index in [4.69, 9.17) is 15.2 Å². The Bertz CT molecular complexity index is 1450. The molecule has 39 heavy (non-hydrogen) atoms. The van der Waals surface area contributed by atoms with Crippen LogP contribution in [0.5, 0.6) is 11.5 Å². The average Bonchev–Trinajstić information content (AvgIpc) is 2.95. The molecule has 5 nitrogen and oxygen atoms in total. The summed E-state index contributed by atoms with van der Waals surface area (Å²) in [5.74, 6) is 1.57. The molecule has 0 unspecified atom stereocenters. The van der Waals surface area contributed by atoms with Gasteiger partial charge in [-0.25, -0.2) is 0 Å². The summed E-state index contributed by atoms with van der Waals surface area (Å²) in [6.45, 7) is 4.15. The van der Waals surface area contributed by atoms with E-state index in [0.29, 0.717) is 17.7 Å². The molecule has 0 aliphatic carbocycles. The monoisotopic (exact) mass is 520 g/mol. The first kappa shape index (κ1) is 26.5. The largest absolute Gasteiger partial charge is 0.496 e. The molecule has 5 heteroatoms. The van der Waals surface area contributed by atoms with Gasteiger partial charge in [0.15, 0.2) is 5.78 Å². The third-order valence-corrected chi connectivity index (χ3v) is 7.47. The number of ether oxygens (including phenoxy) is 2. The van der Waals surface area contributed by atoms with E-state index in [1.165, 1.54) is 0 Å². The standard InChI is InChI=1S/C34H36N2O3/c1-23-5-4-6-27(19-23)30-21-28(12-13-33(30)38-3)32(37)20-24-7-9-25(10-8-24)26-11-14-34(31(35)22-26)39-29-15-17-36(2)18-16-29/h4-14,19,21-22,29H,15-18,20,35H2,1-3H3. The maximum absolute atomic E-state index is 13.2. The molecular weight excluding hydrogens is 484 g/mol. The number of likely N-dealkylation sites (tertiary alicyclic amines) is 1. The Kier molecular flexibility index (Phi) is 7.99. The number of carbonyl (C=O) groups is 1. The van der Waals surface area contributed by atoms with Crippen LogP contribution < -0.4 is 15.2 Å². The van der Waals surface area contributed by atoms with Crippen LogP contribution in [0.4, 0.5) is 5.69 Å². The number of ketones is 1. The number of hydrogen-bond donors (Lipinski definition) is 1. The number of nitrogen functional groups attached to an aromatic ring is 1. The van der Waals surface area contributed by atoms with Gasteiger partial charge in [0, 0.05) is 30.6 Å². The van der Waals surface area contributed by atoms with Gasteiger partial charge in [-0.1, -0.05) is 60.2 Å². The predicted octanol–water partition coefficient (Wildman–Crippen LogP) is 6.82. The zero-order valence-electron chi connectivity index (χ0n) is 22.9. The number of anilines is 1. The molecule has 0 aromatic heterocycles. The lowest BCUT2D eigenvalue weighted by Gasteiger charge is -2.29. The van der Waals surface area contributed by atoms with E-state index in [0.717, 1.165) is 70.8 Å². The predicted molar refractivity (Wildman–Crippen MR) is 159 cm³/mol. The molecule has 2 N–H and O–H groups in total. The second-order valence-electron chi connectivity index (χ2n) is 10.5. The molecule has 0 saturated carbocycles. The van der Waals surface area contributed by atoms with Crippen LogP contribution in [0.25, 0.3) is 22.3 Å². The second kappa shape index (κ2) is 11.7. The van der Waals surface area contributed by atoms with E-state index in [-0.39, 0.29) is 11.9 Å². The number of rotatable bonds is 8. The van der Waals surface area contributed by atoms with E-state index in [2.05, 4.69) is 31.0 Å². The van der Waals surface area contributed by atoms with E-state index >= 15 is 0 Å². The topological polar surface area (TPSA) is 64.8 Å². The van der Waals surface area contributed by atoms with Crippen LogP contribution in [-0.2, 0) is 6.42 Å². The van der Waals surface area contributed by atoms with Gasteiger partial charge in [-0.2, -0.15) is 0 Å². The average molecular weight is 521 g/mol. The van der Waals surface area contributed by atoms with Gasteiger partial charge in [0.1, 0.15) is 17.6 Å². The summed E-state index contributed by atoms with van der Waals surface area (Å²) >= 11 is 0. The van der Waals surface area contributed by atoms with Gasteiger partial charge in [0.25, 0.3) is 0 Å². The minimum atomic E-state index is 0.0685. The summed E-state index contributed by atoms with van der Waals surface area (Å²) < 4.78 is 11.8. The summed E-state index contributed by atoms with van der Waals surface area (Å²) in [7, 11) is 3.80. The molecule has 1 fully saturated rings. The van der Waals surface area contributed by atoms with Crippen molar-refractivity contribution in [3.05, 3.63) is 102 Å². The van der Waals surface area contributed by atoms with Crippen molar-refractivity contribution in [3.8, 4) is 33.8 Å². The lowest BCUT2D eigenvalue weighted by molar-refractivity contribution is 0.0993. The van der Waals surface area contributed by atoms with Crippen molar-refractivity contribution < 1.29 is 14.3 Å². The SMILES string of the molecule is COc1ccc(C(=O)Cc2ccc(-c3ccc(OC4CCN(C)CC4)c(N)c3)cc2)cc1-c1cccc(C)c1. The fourth-order valence-corrected chi connectivity index (χ4v) is 5.14. The summed E-state index contributed by atoms with van der Waals surface area (Å²) in [5.41, 5.74) is 13.8. The number of hydrogen-bond acceptors (Lipinski definition) is 5. The molecule has 1 heterocycles. The van der Waals surface area contributed by atoms with Gasteiger partial charge in [-0.3, -0.25) is 4.79 Å². The van der Waals surface area contributed by atoms with Gasteiger partial charge >= 0.3 is 0 Å². The lowest BCUT2D eigenvalue weighted by atomic mass is 9.96. The van der Waals surface area contributed by atoms with Crippen molar-refractivity contribution in [2.75, 3.05) is 33.0 Å². The molecule has 0 spiro atoms. The fraction of sp³-hybridized carbons (Fsp3) is 0.265. The molecule has 4 aromatic carbocycles. The second-order valence-corrected chi connectivity index (χ2v) is 10.5. The third-order valence-electron chi connectivity index (χ3n) is 7.47. The molecular formula is C34H36N2O3. The molecule has 0 bridgehead atoms. The van der Waals surface area contributed by atoms with Crippen molar-refractivity contribution in [1.82, 2.24) is 4.90 Å². The molecule has 5 rings (SSSR count). The van der Waals surface area contributed by atoms with E-state index in [9.17, 15) is 4.79 Å². The lowest BCUT2D eigenvalue weighted by Crippen LogP contribution is -2.35. The van der Waals surface area contributed by atoms with Gasteiger partial charge in [0.05, 0.1) is 12.8 Å². The quantitative estimate of drug-likeness (QED) is 0.204. The number of aryl methyl sites for hydroxylation is 1.